The number of aromatic nitrogens is 2. The van der Waals surface area contributed by atoms with Crippen LogP contribution in [0.15, 0.2) is 54.7 Å². The molecule has 3 aromatic rings. The summed E-state index contributed by atoms with van der Waals surface area (Å²) >= 11 is 0. The molecule has 1 heterocycles. The van der Waals surface area contributed by atoms with E-state index in [1.54, 1.807) is 24.3 Å². The Bertz CT molecular complexity index is 991. The molecule has 2 N–H and O–H groups in total. The minimum absolute atomic E-state index is 0.0668. The highest BCUT2D eigenvalue weighted by molar-refractivity contribution is 5.64. The molecule has 5 nitrogen and oxygen atoms in total. The molecule has 0 saturated heterocycles. The van der Waals surface area contributed by atoms with Gasteiger partial charge in [0.2, 0.25) is 5.95 Å². The average Bonchev–Trinajstić information content (AvgIpc) is 2.75. The molecular weight excluding hydrogens is 405 g/mol. The monoisotopic (exact) mass is 430 g/mol. The first-order valence-corrected chi connectivity index (χ1v) is 10.1. The normalized spacial score (nSPS) is 11.3. The van der Waals surface area contributed by atoms with Gasteiger partial charge in [-0.2, -0.15) is 18.2 Å². The number of benzene rings is 2. The van der Waals surface area contributed by atoms with Gasteiger partial charge in [0.05, 0.1) is 7.11 Å². The van der Waals surface area contributed by atoms with E-state index in [0.717, 1.165) is 25.5 Å². The number of hydrogen-bond donors (Lipinski definition) is 2. The largest absolute Gasteiger partial charge is 0.497 e. The molecule has 31 heavy (non-hydrogen) atoms. The van der Waals surface area contributed by atoms with Crippen molar-refractivity contribution in [1.29, 1.82) is 0 Å². The maximum atomic E-state index is 13.5. The highest BCUT2D eigenvalue weighted by Gasteiger charge is 2.35. The Labute approximate surface area is 179 Å². The van der Waals surface area contributed by atoms with Crippen LogP contribution in [0.1, 0.15) is 37.3 Å². The van der Waals surface area contributed by atoms with Crippen LogP contribution in [0.25, 0.3) is 0 Å². The number of aryl methyl sites for hydroxylation is 1. The number of halogens is 3. The number of ether oxygens (including phenoxy) is 1. The lowest BCUT2D eigenvalue weighted by Crippen LogP contribution is -2.12. The summed E-state index contributed by atoms with van der Waals surface area (Å²) in [5, 5.41) is 5.70. The van der Waals surface area contributed by atoms with E-state index in [9.17, 15) is 13.2 Å². The fourth-order valence-corrected chi connectivity index (χ4v) is 3.05. The predicted molar refractivity (Wildman–Crippen MR) is 116 cm³/mol. The molecule has 0 bridgehead atoms. The fraction of sp³-hybridized carbons (Fsp3) is 0.304. The van der Waals surface area contributed by atoms with Crippen LogP contribution < -0.4 is 15.4 Å². The lowest BCUT2D eigenvalue weighted by Gasteiger charge is -2.15. The highest BCUT2D eigenvalue weighted by atomic mass is 19.4. The zero-order chi connectivity index (χ0) is 22.3. The van der Waals surface area contributed by atoms with Gasteiger partial charge in [-0.1, -0.05) is 38.0 Å². The van der Waals surface area contributed by atoms with Crippen LogP contribution in [0.5, 0.6) is 5.75 Å². The van der Waals surface area contributed by atoms with E-state index in [1.165, 1.54) is 19.1 Å². The van der Waals surface area contributed by atoms with E-state index in [1.807, 2.05) is 24.3 Å². The Morgan fingerprint density at radius 1 is 0.968 bits per heavy atom. The first-order valence-electron chi connectivity index (χ1n) is 10.1. The molecule has 0 amide bonds. The summed E-state index contributed by atoms with van der Waals surface area (Å²) in [4.78, 5) is 7.93. The summed E-state index contributed by atoms with van der Waals surface area (Å²) < 4.78 is 45.5. The SMILES string of the molecule is CCCCCc1ccc(Nc2ncc(C(F)(F)F)c(Nc3cccc(OC)c3)n2)cc1. The molecule has 164 valence electrons. The second kappa shape index (κ2) is 10.1. The van der Waals surface area contributed by atoms with Crippen LogP contribution >= 0.6 is 0 Å². The lowest BCUT2D eigenvalue weighted by atomic mass is 10.1. The third-order valence-corrected chi connectivity index (χ3v) is 4.71. The van der Waals surface area contributed by atoms with Crippen molar-refractivity contribution in [3.05, 3.63) is 65.9 Å². The first-order chi connectivity index (χ1) is 14.9. The van der Waals surface area contributed by atoms with E-state index in [4.69, 9.17) is 4.74 Å². The van der Waals surface area contributed by atoms with Crippen molar-refractivity contribution in [2.75, 3.05) is 17.7 Å². The van der Waals surface area contributed by atoms with Crippen molar-refractivity contribution < 1.29 is 17.9 Å². The Morgan fingerprint density at radius 3 is 2.42 bits per heavy atom. The molecule has 0 aliphatic carbocycles. The van der Waals surface area contributed by atoms with Crippen LogP contribution in [0.4, 0.5) is 36.3 Å². The topological polar surface area (TPSA) is 59.1 Å². The third kappa shape index (κ3) is 6.34. The number of hydrogen-bond acceptors (Lipinski definition) is 5. The van der Waals surface area contributed by atoms with Gasteiger partial charge < -0.3 is 15.4 Å². The molecule has 0 aliphatic heterocycles. The van der Waals surface area contributed by atoms with E-state index in [-0.39, 0.29) is 11.8 Å². The molecule has 1 aromatic heterocycles. The van der Waals surface area contributed by atoms with Crippen LogP contribution in [0, 0.1) is 0 Å². The van der Waals surface area contributed by atoms with Gasteiger partial charge in [-0.15, -0.1) is 0 Å². The first kappa shape index (κ1) is 22.4. The highest BCUT2D eigenvalue weighted by Crippen LogP contribution is 2.35. The van der Waals surface area contributed by atoms with E-state index in [0.29, 0.717) is 17.1 Å². The molecule has 0 fully saturated rings. The van der Waals surface area contributed by atoms with Crippen molar-refractivity contribution in [3.8, 4) is 5.75 Å². The van der Waals surface area contributed by atoms with Crippen molar-refractivity contribution in [3.63, 3.8) is 0 Å². The van der Waals surface area contributed by atoms with Gasteiger partial charge in [-0.25, -0.2) is 4.98 Å². The summed E-state index contributed by atoms with van der Waals surface area (Å²) in [5.41, 5.74) is 1.39. The smallest absolute Gasteiger partial charge is 0.421 e. The predicted octanol–water partition coefficient (Wildman–Crippen LogP) is 6.72. The zero-order valence-corrected chi connectivity index (χ0v) is 17.5. The fourth-order valence-electron chi connectivity index (χ4n) is 3.05. The molecule has 0 saturated carbocycles. The molecule has 0 aliphatic rings. The van der Waals surface area contributed by atoms with E-state index < -0.39 is 11.7 Å². The van der Waals surface area contributed by atoms with E-state index >= 15 is 0 Å². The quantitative estimate of drug-likeness (QED) is 0.369. The van der Waals surface area contributed by atoms with Gasteiger partial charge in [0.15, 0.2) is 0 Å². The zero-order valence-electron chi connectivity index (χ0n) is 17.5. The number of alkyl halides is 3. The van der Waals surface area contributed by atoms with Crippen LogP contribution in [0.3, 0.4) is 0 Å². The van der Waals surface area contributed by atoms with E-state index in [2.05, 4.69) is 27.5 Å². The second-order valence-electron chi connectivity index (χ2n) is 7.09. The number of rotatable bonds is 9. The number of unbranched alkanes of at least 4 members (excludes halogenated alkanes) is 2. The minimum atomic E-state index is -4.60. The number of nitrogens with one attached hydrogen (secondary N) is 2. The summed E-state index contributed by atoms with van der Waals surface area (Å²) in [5.74, 6) is 0.247. The van der Waals surface area contributed by atoms with Crippen molar-refractivity contribution in [2.45, 2.75) is 38.8 Å². The summed E-state index contributed by atoms with van der Waals surface area (Å²) in [6.45, 7) is 2.16. The number of methoxy groups -OCH3 is 1. The Hall–Kier alpha value is -3.29. The molecule has 0 unspecified atom stereocenters. The molecule has 0 spiro atoms. The standard InChI is InChI=1S/C23H25F3N4O/c1-3-4-5-7-16-10-12-17(13-11-16)29-22-27-15-20(23(24,25)26)21(30-22)28-18-8-6-9-19(14-18)31-2/h6,8-15H,3-5,7H2,1-2H3,(H2,27,28,29,30). The van der Waals surface area contributed by atoms with Crippen LogP contribution in [0.2, 0.25) is 0 Å². The maximum absolute atomic E-state index is 13.5. The summed E-state index contributed by atoms with van der Waals surface area (Å²) in [6, 6.07) is 14.3. The maximum Gasteiger partial charge on any atom is 0.421 e. The number of nitrogens with zero attached hydrogens (tertiary/aromatic N) is 2. The van der Waals surface area contributed by atoms with Gasteiger partial charge in [0.1, 0.15) is 17.1 Å². The molecule has 2 aromatic carbocycles. The minimum Gasteiger partial charge on any atom is -0.497 e. The molecular formula is C23H25F3N4O. The Morgan fingerprint density at radius 2 is 1.74 bits per heavy atom. The van der Waals surface area contributed by atoms with Gasteiger partial charge in [-0.05, 0) is 42.7 Å². The van der Waals surface area contributed by atoms with Gasteiger partial charge >= 0.3 is 6.18 Å². The van der Waals surface area contributed by atoms with Crippen LogP contribution in [-0.4, -0.2) is 17.1 Å². The van der Waals surface area contributed by atoms with Gasteiger partial charge in [0, 0.05) is 23.6 Å². The molecule has 3 rings (SSSR count). The molecule has 8 heteroatoms. The second-order valence-corrected chi connectivity index (χ2v) is 7.09. The molecule has 0 radical (unpaired) electrons. The average molecular weight is 430 g/mol. The van der Waals surface area contributed by atoms with Crippen LogP contribution in [-0.2, 0) is 12.6 Å². The summed E-state index contributed by atoms with van der Waals surface area (Å²) in [6.07, 6.45) is 0.653. The lowest BCUT2D eigenvalue weighted by molar-refractivity contribution is -0.137. The third-order valence-electron chi connectivity index (χ3n) is 4.71. The number of anilines is 4. The van der Waals surface area contributed by atoms with Crippen molar-refractivity contribution in [1.82, 2.24) is 9.97 Å². The Kier molecular flexibility index (Phi) is 7.33. The van der Waals surface area contributed by atoms with Gasteiger partial charge in [0.25, 0.3) is 0 Å². The molecule has 0 atom stereocenters. The summed E-state index contributed by atoms with van der Waals surface area (Å²) in [7, 11) is 1.49. The Balaban J connectivity index is 1.81. The van der Waals surface area contributed by atoms with Crippen molar-refractivity contribution >= 4 is 23.1 Å². The van der Waals surface area contributed by atoms with Crippen molar-refractivity contribution in [2.24, 2.45) is 0 Å². The van der Waals surface area contributed by atoms with Gasteiger partial charge in [-0.3, -0.25) is 0 Å².